The van der Waals surface area contributed by atoms with Gasteiger partial charge in [-0.3, -0.25) is 15.5 Å². The Morgan fingerprint density at radius 3 is 2.22 bits per heavy atom. The first-order valence-electron chi connectivity index (χ1n) is 6.05. The van der Waals surface area contributed by atoms with Gasteiger partial charge in [-0.25, -0.2) is 0 Å². The molecule has 0 heterocycles. The highest BCUT2D eigenvalue weighted by molar-refractivity contribution is 6.41. The number of nitro groups is 1. The Balaban J connectivity index is 2.30. The molecule has 0 aliphatic carbocycles. The number of non-ortho nitro benzene ring substituents is 1. The summed E-state index contributed by atoms with van der Waals surface area (Å²) in [5.74, 6) is 0. The molecule has 2 rings (SSSR count). The van der Waals surface area contributed by atoms with Crippen LogP contribution in [0.4, 0.5) is 11.4 Å². The first-order chi connectivity index (χ1) is 10.9. The van der Waals surface area contributed by atoms with Crippen molar-refractivity contribution in [3.63, 3.8) is 0 Å². The highest BCUT2D eigenvalue weighted by atomic mass is 35.5. The van der Waals surface area contributed by atoms with Crippen molar-refractivity contribution in [2.24, 2.45) is 5.10 Å². The lowest BCUT2D eigenvalue weighted by molar-refractivity contribution is -0.384. The summed E-state index contributed by atoms with van der Waals surface area (Å²) in [6.45, 7) is 0. The molecule has 2 aromatic carbocycles. The van der Waals surface area contributed by atoms with E-state index in [0.29, 0.717) is 16.3 Å². The SMILES string of the molecule is N#C/C(=N\Nc1c(Cl)cc(Cl)cc1Cl)c1ccc([N+](=O)[O-])cc1. The summed E-state index contributed by atoms with van der Waals surface area (Å²) in [4.78, 5) is 10.1. The van der Waals surface area contributed by atoms with Crippen LogP contribution in [0.5, 0.6) is 0 Å². The van der Waals surface area contributed by atoms with E-state index >= 15 is 0 Å². The number of rotatable bonds is 4. The number of nitrogens with zero attached hydrogens (tertiary/aromatic N) is 3. The van der Waals surface area contributed by atoms with Gasteiger partial charge in [-0.2, -0.15) is 10.4 Å². The summed E-state index contributed by atoms with van der Waals surface area (Å²) >= 11 is 17.8. The zero-order valence-electron chi connectivity index (χ0n) is 11.3. The van der Waals surface area contributed by atoms with Gasteiger partial charge in [0.2, 0.25) is 0 Å². The summed E-state index contributed by atoms with van der Waals surface area (Å²) in [6, 6.07) is 10.3. The Morgan fingerprint density at radius 1 is 1.17 bits per heavy atom. The Hall–Kier alpha value is -2.33. The number of hydrazone groups is 1. The molecule has 9 heteroatoms. The van der Waals surface area contributed by atoms with Crippen molar-refractivity contribution in [3.8, 4) is 6.07 Å². The lowest BCUT2D eigenvalue weighted by atomic mass is 10.1. The summed E-state index contributed by atoms with van der Waals surface area (Å²) < 4.78 is 0. The van der Waals surface area contributed by atoms with Gasteiger partial charge in [-0.15, -0.1) is 0 Å². The molecule has 0 unspecified atom stereocenters. The Labute approximate surface area is 146 Å². The maximum Gasteiger partial charge on any atom is 0.269 e. The predicted octanol–water partition coefficient (Wildman–Crippen LogP) is 4.89. The largest absolute Gasteiger partial charge is 0.274 e. The average molecular weight is 370 g/mol. The number of nitro benzene ring substituents is 1. The van der Waals surface area contributed by atoms with Crippen LogP contribution in [0.15, 0.2) is 41.5 Å². The molecule has 0 amide bonds. The predicted molar refractivity (Wildman–Crippen MR) is 90.3 cm³/mol. The molecule has 1 N–H and O–H groups in total. The number of hydrogen-bond acceptors (Lipinski definition) is 5. The van der Waals surface area contributed by atoms with Crippen LogP contribution < -0.4 is 5.43 Å². The molecular weight excluding hydrogens is 363 g/mol. The van der Waals surface area contributed by atoms with Crippen molar-refractivity contribution < 1.29 is 4.92 Å². The molecule has 0 fully saturated rings. The van der Waals surface area contributed by atoms with Crippen molar-refractivity contribution in [2.45, 2.75) is 0 Å². The van der Waals surface area contributed by atoms with Gasteiger partial charge in [0.25, 0.3) is 5.69 Å². The minimum atomic E-state index is -0.529. The van der Waals surface area contributed by atoms with Crippen LogP contribution in [0.25, 0.3) is 0 Å². The van der Waals surface area contributed by atoms with E-state index in [4.69, 9.17) is 34.8 Å². The van der Waals surface area contributed by atoms with E-state index in [1.165, 1.54) is 36.4 Å². The van der Waals surface area contributed by atoms with E-state index in [0.717, 1.165) is 0 Å². The fourth-order valence-corrected chi connectivity index (χ4v) is 2.56. The number of nitriles is 1. The van der Waals surface area contributed by atoms with Crippen LogP contribution in [0.2, 0.25) is 15.1 Å². The van der Waals surface area contributed by atoms with Crippen LogP contribution in [0, 0.1) is 21.4 Å². The highest BCUT2D eigenvalue weighted by Crippen LogP contribution is 2.33. The molecule has 0 aliphatic rings. The topological polar surface area (TPSA) is 91.3 Å². The van der Waals surface area contributed by atoms with Gasteiger partial charge in [0, 0.05) is 22.7 Å². The zero-order valence-corrected chi connectivity index (χ0v) is 13.5. The molecule has 0 saturated carbocycles. The zero-order chi connectivity index (χ0) is 17.0. The molecule has 2 aromatic rings. The third kappa shape index (κ3) is 4.11. The summed E-state index contributed by atoms with van der Waals surface area (Å²) in [6.07, 6.45) is 0. The summed E-state index contributed by atoms with van der Waals surface area (Å²) in [5, 5.41) is 24.6. The van der Waals surface area contributed by atoms with Crippen molar-refractivity contribution >= 4 is 51.9 Å². The van der Waals surface area contributed by atoms with E-state index < -0.39 is 4.92 Å². The average Bonchev–Trinajstić information content (AvgIpc) is 2.50. The van der Waals surface area contributed by atoms with Gasteiger partial charge >= 0.3 is 0 Å². The van der Waals surface area contributed by atoms with Gasteiger partial charge in [-0.1, -0.05) is 34.8 Å². The first kappa shape index (κ1) is 17.0. The second-order valence-electron chi connectivity index (χ2n) is 4.23. The van der Waals surface area contributed by atoms with E-state index in [1.807, 2.05) is 6.07 Å². The quantitative estimate of drug-likeness (QED) is 0.471. The fraction of sp³-hybridized carbons (Fsp3) is 0. The Morgan fingerprint density at radius 2 is 1.74 bits per heavy atom. The normalized spacial score (nSPS) is 11.0. The standard InChI is InChI=1S/C14H7Cl3N4O2/c15-9-5-11(16)14(12(17)6-9)20-19-13(7-18)8-1-3-10(4-2-8)21(22)23/h1-6,20H/b19-13+. The van der Waals surface area contributed by atoms with Crippen LogP contribution in [-0.2, 0) is 0 Å². The van der Waals surface area contributed by atoms with Crippen LogP contribution in [0.3, 0.4) is 0 Å². The van der Waals surface area contributed by atoms with E-state index in [1.54, 1.807) is 0 Å². The monoisotopic (exact) mass is 368 g/mol. The minimum absolute atomic E-state index is 0.0157. The molecule has 0 saturated heterocycles. The minimum Gasteiger partial charge on any atom is -0.274 e. The lowest BCUT2D eigenvalue weighted by Gasteiger charge is -2.07. The molecule has 0 radical (unpaired) electrons. The van der Waals surface area contributed by atoms with Crippen LogP contribution in [-0.4, -0.2) is 10.6 Å². The van der Waals surface area contributed by atoms with Gasteiger partial charge in [0.1, 0.15) is 6.07 Å². The molecule has 23 heavy (non-hydrogen) atoms. The van der Waals surface area contributed by atoms with Gasteiger partial charge in [0.05, 0.1) is 20.7 Å². The number of halogens is 3. The summed E-state index contributed by atoms with van der Waals surface area (Å²) in [5.41, 5.74) is 3.25. The second kappa shape index (κ2) is 7.29. The van der Waals surface area contributed by atoms with Gasteiger partial charge in [0.15, 0.2) is 5.71 Å². The highest BCUT2D eigenvalue weighted by Gasteiger charge is 2.10. The lowest BCUT2D eigenvalue weighted by Crippen LogP contribution is -2.02. The molecule has 0 spiro atoms. The molecule has 0 bridgehead atoms. The molecule has 0 atom stereocenters. The number of benzene rings is 2. The molecule has 6 nitrogen and oxygen atoms in total. The molecule has 0 aliphatic heterocycles. The summed E-state index contributed by atoms with van der Waals surface area (Å²) in [7, 11) is 0. The van der Waals surface area contributed by atoms with Crippen molar-refractivity contribution in [1.82, 2.24) is 0 Å². The van der Waals surface area contributed by atoms with E-state index in [2.05, 4.69) is 10.5 Å². The van der Waals surface area contributed by atoms with Crippen molar-refractivity contribution in [2.75, 3.05) is 5.43 Å². The van der Waals surface area contributed by atoms with Crippen LogP contribution in [0.1, 0.15) is 5.56 Å². The number of nitrogens with one attached hydrogen (secondary N) is 1. The van der Waals surface area contributed by atoms with Gasteiger partial charge in [-0.05, 0) is 24.3 Å². The third-order valence-corrected chi connectivity index (χ3v) is 3.56. The smallest absolute Gasteiger partial charge is 0.269 e. The third-order valence-electron chi connectivity index (χ3n) is 2.74. The number of anilines is 1. The number of hydrogen-bond donors (Lipinski definition) is 1. The van der Waals surface area contributed by atoms with E-state index in [-0.39, 0.29) is 21.4 Å². The first-order valence-corrected chi connectivity index (χ1v) is 7.19. The second-order valence-corrected chi connectivity index (χ2v) is 5.48. The maximum absolute atomic E-state index is 10.6. The fourth-order valence-electron chi connectivity index (χ4n) is 1.66. The van der Waals surface area contributed by atoms with Crippen LogP contribution >= 0.6 is 34.8 Å². The molecule has 116 valence electrons. The van der Waals surface area contributed by atoms with Crippen molar-refractivity contribution in [1.29, 1.82) is 5.26 Å². The molecule has 0 aromatic heterocycles. The molecular formula is C14H7Cl3N4O2. The van der Waals surface area contributed by atoms with Gasteiger partial charge < -0.3 is 0 Å². The van der Waals surface area contributed by atoms with Crippen molar-refractivity contribution in [3.05, 3.63) is 67.1 Å². The van der Waals surface area contributed by atoms with E-state index in [9.17, 15) is 15.4 Å². The maximum atomic E-state index is 10.6. The Kier molecular flexibility index (Phi) is 5.40. The Bertz CT molecular complexity index is 806.